The Kier molecular flexibility index (Phi) is 7.33. The maximum absolute atomic E-state index is 11.3. The van der Waals surface area contributed by atoms with E-state index < -0.39 is 0 Å². The lowest BCUT2D eigenvalue weighted by Gasteiger charge is -2.14. The molecule has 78 valence electrons. The van der Waals surface area contributed by atoms with Crippen LogP contribution in [0.1, 0.15) is 40.0 Å². The fourth-order valence-corrected chi connectivity index (χ4v) is 1.59. The highest BCUT2D eigenvalue weighted by atomic mass is 79.9. The largest absolute Gasteiger partial charge is 0.353 e. The molecular formula is C10H20BrNO. The predicted octanol–water partition coefficient (Wildman–Crippen LogP) is 2.71. The first kappa shape index (κ1) is 12.9. The van der Waals surface area contributed by atoms with Crippen molar-refractivity contribution in [3.8, 4) is 0 Å². The van der Waals surface area contributed by atoms with Gasteiger partial charge in [0.25, 0.3) is 0 Å². The Morgan fingerprint density at radius 2 is 2.08 bits per heavy atom. The summed E-state index contributed by atoms with van der Waals surface area (Å²) in [6.07, 6.45) is 2.62. The molecule has 2 nitrogen and oxygen atoms in total. The van der Waals surface area contributed by atoms with Crippen LogP contribution >= 0.6 is 15.9 Å². The maximum Gasteiger partial charge on any atom is 0.220 e. The second-order valence-electron chi connectivity index (χ2n) is 3.76. The van der Waals surface area contributed by atoms with E-state index in [0.717, 1.165) is 18.2 Å². The van der Waals surface area contributed by atoms with Crippen LogP contribution in [0.15, 0.2) is 0 Å². The summed E-state index contributed by atoms with van der Waals surface area (Å²) < 4.78 is 0. The van der Waals surface area contributed by atoms with E-state index in [4.69, 9.17) is 0 Å². The topological polar surface area (TPSA) is 29.1 Å². The van der Waals surface area contributed by atoms with Crippen LogP contribution < -0.4 is 5.32 Å². The molecule has 0 saturated heterocycles. The third-order valence-electron chi connectivity index (χ3n) is 1.99. The van der Waals surface area contributed by atoms with Gasteiger partial charge in [-0.1, -0.05) is 36.7 Å². The van der Waals surface area contributed by atoms with E-state index in [-0.39, 0.29) is 5.91 Å². The fourth-order valence-electron chi connectivity index (χ4n) is 0.969. The van der Waals surface area contributed by atoms with Gasteiger partial charge in [0.05, 0.1) is 0 Å². The van der Waals surface area contributed by atoms with Crippen LogP contribution in [0.5, 0.6) is 0 Å². The minimum absolute atomic E-state index is 0.181. The van der Waals surface area contributed by atoms with Crippen molar-refractivity contribution in [2.75, 3.05) is 5.33 Å². The number of amides is 1. The Labute approximate surface area is 89.6 Å². The zero-order valence-electron chi connectivity index (χ0n) is 8.77. The Morgan fingerprint density at radius 3 is 2.46 bits per heavy atom. The summed E-state index contributed by atoms with van der Waals surface area (Å²) in [6.45, 7) is 6.35. The van der Waals surface area contributed by atoms with Gasteiger partial charge in [-0.2, -0.15) is 0 Å². The summed E-state index contributed by atoms with van der Waals surface area (Å²) in [6, 6.07) is 0.291. The number of nitrogens with one attached hydrogen (secondary N) is 1. The van der Waals surface area contributed by atoms with Crippen LogP contribution in [0.4, 0.5) is 0 Å². The molecule has 0 aromatic carbocycles. The summed E-state index contributed by atoms with van der Waals surface area (Å²) in [5.74, 6) is 0.787. The molecule has 1 atom stereocenters. The molecule has 0 aromatic rings. The van der Waals surface area contributed by atoms with E-state index in [0.29, 0.717) is 18.4 Å². The molecule has 0 rings (SSSR count). The number of hydrogen-bond donors (Lipinski definition) is 1. The molecule has 0 saturated carbocycles. The summed E-state index contributed by atoms with van der Waals surface area (Å²) in [5.41, 5.74) is 0. The van der Waals surface area contributed by atoms with Crippen LogP contribution in [-0.4, -0.2) is 17.3 Å². The lowest BCUT2D eigenvalue weighted by atomic mass is 10.1. The number of carbonyl (C=O) groups excluding carboxylic acids is 1. The van der Waals surface area contributed by atoms with Gasteiger partial charge in [0.15, 0.2) is 0 Å². The van der Waals surface area contributed by atoms with Gasteiger partial charge in [-0.3, -0.25) is 4.79 Å². The van der Waals surface area contributed by atoms with Crippen molar-refractivity contribution in [1.29, 1.82) is 0 Å². The van der Waals surface area contributed by atoms with Gasteiger partial charge in [0.2, 0.25) is 5.91 Å². The van der Waals surface area contributed by atoms with Gasteiger partial charge in [-0.15, -0.1) is 0 Å². The molecule has 1 amide bonds. The molecule has 0 radical (unpaired) electrons. The van der Waals surface area contributed by atoms with E-state index in [1.807, 2.05) is 0 Å². The molecule has 0 heterocycles. The van der Waals surface area contributed by atoms with Crippen LogP contribution in [0.3, 0.4) is 0 Å². The van der Waals surface area contributed by atoms with Gasteiger partial charge in [0.1, 0.15) is 0 Å². The van der Waals surface area contributed by atoms with Crippen LogP contribution in [0.25, 0.3) is 0 Å². The fraction of sp³-hybridized carbons (Fsp3) is 0.900. The van der Waals surface area contributed by atoms with E-state index in [1.165, 1.54) is 0 Å². The molecule has 0 aliphatic carbocycles. The second kappa shape index (κ2) is 7.36. The lowest BCUT2D eigenvalue weighted by molar-refractivity contribution is -0.121. The van der Waals surface area contributed by atoms with Gasteiger partial charge < -0.3 is 5.32 Å². The Bertz CT molecular complexity index is 144. The highest BCUT2D eigenvalue weighted by molar-refractivity contribution is 9.09. The second-order valence-corrected chi connectivity index (χ2v) is 4.41. The van der Waals surface area contributed by atoms with Gasteiger partial charge in [0, 0.05) is 17.8 Å². The van der Waals surface area contributed by atoms with Crippen molar-refractivity contribution in [1.82, 2.24) is 5.32 Å². The summed E-state index contributed by atoms with van der Waals surface area (Å²) in [7, 11) is 0. The molecule has 0 aliphatic rings. The molecule has 13 heavy (non-hydrogen) atoms. The number of hydrogen-bond acceptors (Lipinski definition) is 1. The van der Waals surface area contributed by atoms with Crippen LogP contribution in [0.2, 0.25) is 0 Å². The molecule has 1 unspecified atom stereocenters. The molecule has 0 aliphatic heterocycles. The van der Waals surface area contributed by atoms with Crippen molar-refractivity contribution in [2.24, 2.45) is 5.92 Å². The highest BCUT2D eigenvalue weighted by Gasteiger charge is 2.08. The van der Waals surface area contributed by atoms with Crippen molar-refractivity contribution >= 4 is 21.8 Å². The minimum atomic E-state index is 0.181. The maximum atomic E-state index is 11.3. The zero-order chi connectivity index (χ0) is 10.3. The van der Waals surface area contributed by atoms with Gasteiger partial charge in [-0.05, 0) is 18.8 Å². The van der Waals surface area contributed by atoms with Crippen molar-refractivity contribution < 1.29 is 4.79 Å². The lowest BCUT2D eigenvalue weighted by Crippen LogP contribution is -2.35. The summed E-state index contributed by atoms with van der Waals surface area (Å²) >= 11 is 3.37. The van der Waals surface area contributed by atoms with Crippen molar-refractivity contribution in [3.05, 3.63) is 0 Å². The highest BCUT2D eigenvalue weighted by Crippen LogP contribution is 2.04. The number of halogens is 1. The monoisotopic (exact) mass is 249 g/mol. The Balaban J connectivity index is 3.60. The molecule has 3 heteroatoms. The SMILES string of the molecule is CCC(CBr)NC(=O)CCC(C)C. The Morgan fingerprint density at radius 1 is 1.46 bits per heavy atom. The quantitative estimate of drug-likeness (QED) is 0.721. The zero-order valence-corrected chi connectivity index (χ0v) is 10.4. The van der Waals surface area contributed by atoms with Crippen molar-refractivity contribution in [3.63, 3.8) is 0 Å². The Hall–Kier alpha value is -0.0500. The normalized spacial score (nSPS) is 13.0. The molecule has 0 bridgehead atoms. The van der Waals surface area contributed by atoms with E-state index in [2.05, 4.69) is 42.0 Å². The standard InChI is InChI=1S/C10H20BrNO/c1-4-9(7-11)12-10(13)6-5-8(2)3/h8-9H,4-7H2,1-3H3,(H,12,13). The van der Waals surface area contributed by atoms with E-state index >= 15 is 0 Å². The number of rotatable bonds is 6. The third kappa shape index (κ3) is 7.05. The van der Waals surface area contributed by atoms with E-state index in [9.17, 15) is 4.79 Å². The first-order valence-electron chi connectivity index (χ1n) is 4.95. The summed E-state index contributed by atoms with van der Waals surface area (Å²) in [5, 5.41) is 3.83. The molecule has 0 aromatic heterocycles. The minimum Gasteiger partial charge on any atom is -0.353 e. The van der Waals surface area contributed by atoms with Crippen LogP contribution in [0, 0.1) is 5.92 Å². The molecular weight excluding hydrogens is 230 g/mol. The van der Waals surface area contributed by atoms with Crippen LogP contribution in [-0.2, 0) is 4.79 Å². The smallest absolute Gasteiger partial charge is 0.220 e. The molecule has 0 fully saturated rings. The molecule has 0 spiro atoms. The first-order chi connectivity index (χ1) is 6.10. The van der Waals surface area contributed by atoms with Crippen molar-refractivity contribution in [2.45, 2.75) is 46.1 Å². The number of carbonyl (C=O) groups is 1. The van der Waals surface area contributed by atoms with Gasteiger partial charge in [-0.25, -0.2) is 0 Å². The van der Waals surface area contributed by atoms with Gasteiger partial charge >= 0.3 is 0 Å². The average Bonchev–Trinajstić information content (AvgIpc) is 2.10. The third-order valence-corrected chi connectivity index (χ3v) is 2.77. The molecule has 1 N–H and O–H groups in total. The first-order valence-corrected chi connectivity index (χ1v) is 6.07. The average molecular weight is 250 g/mol. The van der Waals surface area contributed by atoms with E-state index in [1.54, 1.807) is 0 Å². The summed E-state index contributed by atoms with van der Waals surface area (Å²) in [4.78, 5) is 11.3. The number of alkyl halides is 1. The predicted molar refractivity (Wildman–Crippen MR) is 60.1 cm³/mol.